The van der Waals surface area contributed by atoms with Gasteiger partial charge in [-0.3, -0.25) is 4.79 Å². The second-order valence-corrected chi connectivity index (χ2v) is 6.85. The third kappa shape index (κ3) is 4.23. The molecule has 2 heterocycles. The molecule has 0 bridgehead atoms. The standard InChI is InChI=1S/C22H21FN2O4/c1-27-17-8-4-15(5-9-17)21-3-2-12-25(21)22(26)20-13-19(29-24-20)14-28-18-10-6-16(23)7-11-18/h4-11,13,21H,2-3,12,14H2,1H3/t21-/m0/s1. The summed E-state index contributed by atoms with van der Waals surface area (Å²) in [6.07, 6.45) is 1.83. The second kappa shape index (κ2) is 8.34. The molecule has 1 amide bonds. The molecule has 150 valence electrons. The van der Waals surface area contributed by atoms with Crippen molar-refractivity contribution >= 4 is 5.91 Å². The van der Waals surface area contributed by atoms with Gasteiger partial charge in [0, 0.05) is 12.6 Å². The van der Waals surface area contributed by atoms with Crippen LogP contribution in [0.1, 0.15) is 40.7 Å². The summed E-state index contributed by atoms with van der Waals surface area (Å²) in [5.74, 6) is 1.22. The summed E-state index contributed by atoms with van der Waals surface area (Å²) in [4.78, 5) is 14.8. The van der Waals surface area contributed by atoms with Gasteiger partial charge in [-0.25, -0.2) is 4.39 Å². The lowest BCUT2D eigenvalue weighted by atomic mass is 10.0. The fourth-order valence-corrected chi connectivity index (χ4v) is 3.50. The normalized spacial score (nSPS) is 16.1. The first-order chi connectivity index (χ1) is 14.1. The summed E-state index contributed by atoms with van der Waals surface area (Å²) in [6.45, 7) is 0.775. The summed E-state index contributed by atoms with van der Waals surface area (Å²) < 4.78 is 28.9. The minimum absolute atomic E-state index is 0.00372. The Morgan fingerprint density at radius 2 is 1.90 bits per heavy atom. The maximum atomic E-state index is 13.0. The number of amides is 1. The largest absolute Gasteiger partial charge is 0.497 e. The van der Waals surface area contributed by atoms with Crippen molar-refractivity contribution in [2.45, 2.75) is 25.5 Å². The zero-order valence-corrected chi connectivity index (χ0v) is 16.0. The molecular weight excluding hydrogens is 375 g/mol. The van der Waals surface area contributed by atoms with Crippen molar-refractivity contribution in [3.8, 4) is 11.5 Å². The molecule has 7 heteroatoms. The number of hydrogen-bond acceptors (Lipinski definition) is 5. The van der Waals surface area contributed by atoms with E-state index in [1.807, 2.05) is 29.2 Å². The van der Waals surface area contributed by atoms with Crippen LogP contribution in [0.15, 0.2) is 59.1 Å². The van der Waals surface area contributed by atoms with Crippen molar-refractivity contribution in [2.24, 2.45) is 0 Å². The van der Waals surface area contributed by atoms with E-state index >= 15 is 0 Å². The number of carbonyl (C=O) groups is 1. The van der Waals surface area contributed by atoms with Crippen molar-refractivity contribution in [1.82, 2.24) is 10.1 Å². The minimum atomic E-state index is -0.332. The fraction of sp³-hybridized carbons (Fsp3) is 0.273. The molecule has 0 saturated carbocycles. The second-order valence-electron chi connectivity index (χ2n) is 6.85. The third-order valence-corrected chi connectivity index (χ3v) is 4.99. The minimum Gasteiger partial charge on any atom is -0.497 e. The first-order valence-corrected chi connectivity index (χ1v) is 9.43. The van der Waals surface area contributed by atoms with Crippen molar-refractivity contribution in [3.05, 3.63) is 77.4 Å². The van der Waals surface area contributed by atoms with Gasteiger partial charge in [-0.05, 0) is 54.8 Å². The molecule has 1 aromatic heterocycles. The average Bonchev–Trinajstić information content (AvgIpc) is 3.43. The number of carbonyl (C=O) groups excluding carboxylic acids is 1. The molecule has 0 N–H and O–H groups in total. The number of nitrogens with zero attached hydrogens (tertiary/aromatic N) is 2. The van der Waals surface area contributed by atoms with Crippen LogP contribution in [0.4, 0.5) is 4.39 Å². The van der Waals surface area contributed by atoms with Gasteiger partial charge in [-0.1, -0.05) is 17.3 Å². The van der Waals surface area contributed by atoms with Gasteiger partial charge in [0.2, 0.25) is 0 Å². The summed E-state index contributed by atoms with van der Waals surface area (Å²) >= 11 is 0. The number of benzene rings is 2. The van der Waals surface area contributed by atoms with Crippen molar-refractivity contribution in [1.29, 1.82) is 0 Å². The van der Waals surface area contributed by atoms with Gasteiger partial charge < -0.3 is 18.9 Å². The third-order valence-electron chi connectivity index (χ3n) is 4.99. The SMILES string of the molecule is COc1ccc([C@@H]2CCCN2C(=O)c2cc(COc3ccc(F)cc3)on2)cc1. The highest BCUT2D eigenvalue weighted by atomic mass is 19.1. The maximum Gasteiger partial charge on any atom is 0.276 e. The molecule has 3 aromatic rings. The van der Waals surface area contributed by atoms with Crippen molar-refractivity contribution < 1.29 is 23.2 Å². The molecule has 0 radical (unpaired) electrons. The maximum absolute atomic E-state index is 13.0. The molecule has 0 spiro atoms. The quantitative estimate of drug-likeness (QED) is 0.619. The molecule has 4 rings (SSSR count). The number of hydrogen-bond donors (Lipinski definition) is 0. The van der Waals surface area contributed by atoms with Crippen LogP contribution in [-0.4, -0.2) is 29.6 Å². The Kier molecular flexibility index (Phi) is 5.46. The van der Waals surface area contributed by atoms with Gasteiger partial charge in [0.1, 0.15) is 23.9 Å². The molecule has 29 heavy (non-hydrogen) atoms. The highest BCUT2D eigenvalue weighted by Crippen LogP contribution is 2.33. The highest BCUT2D eigenvalue weighted by Gasteiger charge is 2.32. The molecule has 1 atom stereocenters. The van der Waals surface area contributed by atoms with Gasteiger partial charge in [0.25, 0.3) is 5.91 Å². The number of likely N-dealkylation sites (tertiary alicyclic amines) is 1. The molecule has 0 aliphatic carbocycles. The van der Waals surface area contributed by atoms with Gasteiger partial charge >= 0.3 is 0 Å². The van der Waals surface area contributed by atoms with E-state index in [-0.39, 0.29) is 30.1 Å². The first kappa shape index (κ1) is 19.0. The fourth-order valence-electron chi connectivity index (χ4n) is 3.50. The predicted molar refractivity (Wildman–Crippen MR) is 103 cm³/mol. The Morgan fingerprint density at radius 3 is 2.62 bits per heavy atom. The molecule has 1 aliphatic heterocycles. The van der Waals surface area contributed by atoms with E-state index in [2.05, 4.69) is 5.16 Å². The van der Waals surface area contributed by atoms with Crippen molar-refractivity contribution in [3.63, 3.8) is 0 Å². The lowest BCUT2D eigenvalue weighted by Gasteiger charge is -2.24. The smallest absolute Gasteiger partial charge is 0.276 e. The highest BCUT2D eigenvalue weighted by molar-refractivity contribution is 5.92. The van der Waals surface area contributed by atoms with Crippen LogP contribution >= 0.6 is 0 Å². The van der Waals surface area contributed by atoms with E-state index in [4.69, 9.17) is 14.0 Å². The van der Waals surface area contributed by atoms with Crippen LogP contribution in [0.3, 0.4) is 0 Å². The van der Waals surface area contributed by atoms with Gasteiger partial charge in [0.05, 0.1) is 13.2 Å². The molecular formula is C22H21FN2O4. The van der Waals surface area contributed by atoms with E-state index < -0.39 is 0 Å². The van der Waals surface area contributed by atoms with Crippen LogP contribution < -0.4 is 9.47 Å². The van der Waals surface area contributed by atoms with Gasteiger partial charge in [-0.15, -0.1) is 0 Å². The molecule has 2 aromatic carbocycles. The van der Waals surface area contributed by atoms with Crippen LogP contribution in [0, 0.1) is 5.82 Å². The predicted octanol–water partition coefficient (Wildman–Crippen LogP) is 4.38. The van der Waals surface area contributed by atoms with E-state index in [0.717, 1.165) is 24.2 Å². The lowest BCUT2D eigenvalue weighted by molar-refractivity contribution is 0.0725. The molecule has 1 saturated heterocycles. The Balaban J connectivity index is 1.42. The van der Waals surface area contributed by atoms with Crippen LogP contribution in [0.25, 0.3) is 0 Å². The first-order valence-electron chi connectivity index (χ1n) is 9.43. The summed E-state index contributed by atoms with van der Waals surface area (Å²) in [5.41, 5.74) is 1.32. The summed E-state index contributed by atoms with van der Waals surface area (Å²) in [7, 11) is 1.63. The summed E-state index contributed by atoms with van der Waals surface area (Å²) in [6, 6.07) is 15.1. The monoisotopic (exact) mass is 396 g/mol. The number of halogens is 1. The Morgan fingerprint density at radius 1 is 1.17 bits per heavy atom. The van der Waals surface area contributed by atoms with Crippen molar-refractivity contribution in [2.75, 3.05) is 13.7 Å². The zero-order chi connectivity index (χ0) is 20.2. The van der Waals surface area contributed by atoms with Crippen LogP contribution in [-0.2, 0) is 6.61 Å². The molecule has 1 aliphatic rings. The van der Waals surface area contributed by atoms with Gasteiger partial charge in [0.15, 0.2) is 11.5 Å². The zero-order valence-electron chi connectivity index (χ0n) is 16.0. The number of aromatic nitrogens is 1. The molecule has 0 unspecified atom stereocenters. The van der Waals surface area contributed by atoms with E-state index in [1.165, 1.54) is 24.3 Å². The van der Waals surface area contributed by atoms with Crippen LogP contribution in [0.5, 0.6) is 11.5 Å². The Labute approximate surface area is 167 Å². The molecule has 6 nitrogen and oxygen atoms in total. The van der Waals surface area contributed by atoms with Crippen LogP contribution in [0.2, 0.25) is 0 Å². The number of rotatable bonds is 6. The lowest BCUT2D eigenvalue weighted by Crippen LogP contribution is -2.30. The van der Waals surface area contributed by atoms with E-state index in [0.29, 0.717) is 18.1 Å². The topological polar surface area (TPSA) is 64.8 Å². The molecule has 1 fully saturated rings. The van der Waals surface area contributed by atoms with E-state index in [1.54, 1.807) is 13.2 Å². The number of ether oxygens (including phenoxy) is 2. The van der Waals surface area contributed by atoms with E-state index in [9.17, 15) is 9.18 Å². The summed E-state index contributed by atoms with van der Waals surface area (Å²) in [5, 5.41) is 3.92. The average molecular weight is 396 g/mol. The van der Waals surface area contributed by atoms with Gasteiger partial charge in [-0.2, -0.15) is 0 Å². The Hall–Kier alpha value is -3.35. The number of methoxy groups -OCH3 is 1. The Bertz CT molecular complexity index is 969.